The van der Waals surface area contributed by atoms with Crippen LogP contribution in [-0.4, -0.2) is 5.54 Å². The molecule has 0 saturated heterocycles. The minimum absolute atomic E-state index is 0.189. The van der Waals surface area contributed by atoms with Gasteiger partial charge in [0, 0.05) is 12.1 Å². The van der Waals surface area contributed by atoms with E-state index in [-0.39, 0.29) is 5.54 Å². The van der Waals surface area contributed by atoms with E-state index in [0.29, 0.717) is 0 Å². The summed E-state index contributed by atoms with van der Waals surface area (Å²) in [4.78, 5) is 0. The molecule has 0 fully saturated rings. The molecule has 1 N–H and O–H groups in total. The first-order valence-corrected chi connectivity index (χ1v) is 5.20. The van der Waals surface area contributed by atoms with E-state index in [4.69, 9.17) is 0 Å². The van der Waals surface area contributed by atoms with Gasteiger partial charge in [0.1, 0.15) is 0 Å². The fourth-order valence-electron chi connectivity index (χ4n) is 1.48. The average Bonchev–Trinajstić information content (AvgIpc) is 2.01. The highest BCUT2D eigenvalue weighted by atomic mass is 14.9. The van der Waals surface area contributed by atoms with Gasteiger partial charge in [-0.25, -0.2) is 0 Å². The van der Waals surface area contributed by atoms with Gasteiger partial charge in [-0.1, -0.05) is 18.2 Å². The Labute approximate surface area is 87.5 Å². The van der Waals surface area contributed by atoms with Crippen molar-refractivity contribution in [1.82, 2.24) is 5.32 Å². The summed E-state index contributed by atoms with van der Waals surface area (Å²) in [6.45, 7) is 11.9. The molecule has 78 valence electrons. The van der Waals surface area contributed by atoms with E-state index >= 15 is 0 Å². The van der Waals surface area contributed by atoms with E-state index in [9.17, 15) is 0 Å². The monoisotopic (exact) mass is 191 g/mol. The Morgan fingerprint density at radius 1 is 1.07 bits per heavy atom. The second kappa shape index (κ2) is 4.14. The molecule has 1 aromatic carbocycles. The molecular weight excluding hydrogens is 170 g/mol. The van der Waals surface area contributed by atoms with Crippen molar-refractivity contribution in [2.75, 3.05) is 0 Å². The molecule has 0 radical (unpaired) electrons. The van der Waals surface area contributed by atoms with E-state index in [2.05, 4.69) is 58.1 Å². The van der Waals surface area contributed by atoms with Gasteiger partial charge in [-0.2, -0.15) is 0 Å². The fraction of sp³-hybridized carbons (Fsp3) is 0.538. The summed E-state index contributed by atoms with van der Waals surface area (Å²) < 4.78 is 0. The van der Waals surface area contributed by atoms with Crippen molar-refractivity contribution in [3.63, 3.8) is 0 Å². The predicted molar refractivity (Wildman–Crippen MR) is 62.5 cm³/mol. The molecular formula is C13H21N. The van der Waals surface area contributed by atoms with Crippen molar-refractivity contribution in [3.8, 4) is 0 Å². The Bertz CT molecular complexity index is 287. The predicted octanol–water partition coefficient (Wildman–Crippen LogP) is 3.19. The van der Waals surface area contributed by atoms with Crippen LogP contribution in [0.25, 0.3) is 0 Å². The Kier molecular flexibility index (Phi) is 3.33. The van der Waals surface area contributed by atoms with Crippen molar-refractivity contribution in [2.45, 2.75) is 46.7 Å². The molecule has 0 aromatic heterocycles. The number of nitrogens with one attached hydrogen (secondary N) is 1. The first-order valence-electron chi connectivity index (χ1n) is 5.20. The van der Waals surface area contributed by atoms with Crippen LogP contribution < -0.4 is 5.32 Å². The van der Waals surface area contributed by atoms with Crippen LogP contribution in [0.1, 0.15) is 37.5 Å². The molecule has 0 aliphatic carbocycles. The van der Waals surface area contributed by atoms with Crippen molar-refractivity contribution in [3.05, 3.63) is 34.9 Å². The highest BCUT2D eigenvalue weighted by Gasteiger charge is 2.10. The van der Waals surface area contributed by atoms with Crippen LogP contribution in [0, 0.1) is 13.8 Å². The Balaban J connectivity index is 2.77. The summed E-state index contributed by atoms with van der Waals surface area (Å²) in [5.74, 6) is 0. The number of aryl methyl sites for hydroxylation is 2. The summed E-state index contributed by atoms with van der Waals surface area (Å²) in [6, 6.07) is 6.46. The lowest BCUT2D eigenvalue weighted by Crippen LogP contribution is -2.35. The van der Waals surface area contributed by atoms with Crippen molar-refractivity contribution in [2.24, 2.45) is 0 Å². The minimum atomic E-state index is 0.189. The third-order valence-electron chi connectivity index (χ3n) is 2.44. The lowest BCUT2D eigenvalue weighted by atomic mass is 10.0. The Morgan fingerprint density at radius 2 is 1.57 bits per heavy atom. The molecule has 1 aromatic rings. The fourth-order valence-corrected chi connectivity index (χ4v) is 1.48. The second-order valence-corrected chi connectivity index (χ2v) is 4.97. The molecule has 0 amide bonds. The maximum absolute atomic E-state index is 3.52. The summed E-state index contributed by atoms with van der Waals surface area (Å²) in [5, 5.41) is 3.52. The zero-order valence-corrected chi connectivity index (χ0v) is 9.94. The highest BCUT2D eigenvalue weighted by molar-refractivity contribution is 5.33. The van der Waals surface area contributed by atoms with Crippen molar-refractivity contribution >= 4 is 0 Å². The van der Waals surface area contributed by atoms with Gasteiger partial charge in [-0.05, 0) is 51.3 Å². The normalized spacial score (nSPS) is 11.8. The third-order valence-corrected chi connectivity index (χ3v) is 2.44. The van der Waals surface area contributed by atoms with Gasteiger partial charge in [0.25, 0.3) is 0 Å². The highest BCUT2D eigenvalue weighted by Crippen LogP contribution is 2.14. The second-order valence-electron chi connectivity index (χ2n) is 4.97. The molecule has 0 atom stereocenters. The smallest absolute Gasteiger partial charge is 0.0215 e. The minimum Gasteiger partial charge on any atom is -0.308 e. The first-order chi connectivity index (χ1) is 6.40. The lowest BCUT2D eigenvalue weighted by Gasteiger charge is -2.22. The first kappa shape index (κ1) is 11.3. The largest absolute Gasteiger partial charge is 0.308 e. The van der Waals surface area contributed by atoms with Gasteiger partial charge in [-0.3, -0.25) is 0 Å². The van der Waals surface area contributed by atoms with Gasteiger partial charge in [0.15, 0.2) is 0 Å². The van der Waals surface area contributed by atoms with Crippen LogP contribution in [0.2, 0.25) is 0 Å². The lowest BCUT2D eigenvalue weighted by molar-refractivity contribution is 0.423. The van der Waals surface area contributed by atoms with Gasteiger partial charge in [0.05, 0.1) is 0 Å². The number of hydrogen-bond donors (Lipinski definition) is 1. The van der Waals surface area contributed by atoms with Gasteiger partial charge in [-0.15, -0.1) is 0 Å². The van der Waals surface area contributed by atoms with Gasteiger partial charge >= 0.3 is 0 Å². The van der Waals surface area contributed by atoms with Crippen LogP contribution in [0.4, 0.5) is 0 Å². The van der Waals surface area contributed by atoms with E-state index in [1.807, 2.05) is 0 Å². The van der Waals surface area contributed by atoms with E-state index in [1.54, 1.807) is 0 Å². The Hall–Kier alpha value is -0.820. The Morgan fingerprint density at radius 3 is 2.00 bits per heavy atom. The van der Waals surface area contributed by atoms with E-state index in [1.165, 1.54) is 16.7 Å². The van der Waals surface area contributed by atoms with Crippen LogP contribution in [0.5, 0.6) is 0 Å². The molecule has 0 saturated carbocycles. The molecule has 0 bridgehead atoms. The number of hydrogen-bond acceptors (Lipinski definition) is 1. The quantitative estimate of drug-likeness (QED) is 0.757. The van der Waals surface area contributed by atoms with E-state index in [0.717, 1.165) is 6.54 Å². The zero-order valence-electron chi connectivity index (χ0n) is 9.94. The number of benzene rings is 1. The zero-order chi connectivity index (χ0) is 10.8. The SMILES string of the molecule is Cc1cccc(C)c1CNC(C)(C)C. The van der Waals surface area contributed by atoms with Crippen LogP contribution in [0.15, 0.2) is 18.2 Å². The van der Waals surface area contributed by atoms with Crippen molar-refractivity contribution in [1.29, 1.82) is 0 Å². The average molecular weight is 191 g/mol. The molecule has 0 aliphatic rings. The van der Waals surface area contributed by atoms with Crippen LogP contribution >= 0.6 is 0 Å². The molecule has 0 unspecified atom stereocenters. The third kappa shape index (κ3) is 3.15. The number of rotatable bonds is 2. The molecule has 14 heavy (non-hydrogen) atoms. The standard InChI is InChI=1S/C13H21N/c1-10-7-6-8-11(2)12(10)9-14-13(3,4)5/h6-8,14H,9H2,1-5H3. The molecule has 1 rings (SSSR count). The summed E-state index contributed by atoms with van der Waals surface area (Å²) in [5.41, 5.74) is 4.38. The van der Waals surface area contributed by atoms with E-state index < -0.39 is 0 Å². The van der Waals surface area contributed by atoms with Crippen molar-refractivity contribution < 1.29 is 0 Å². The maximum Gasteiger partial charge on any atom is 0.0215 e. The summed E-state index contributed by atoms with van der Waals surface area (Å²) in [7, 11) is 0. The molecule has 0 spiro atoms. The van der Waals surface area contributed by atoms with Gasteiger partial charge in [0.2, 0.25) is 0 Å². The van der Waals surface area contributed by atoms with Crippen LogP contribution in [0.3, 0.4) is 0 Å². The van der Waals surface area contributed by atoms with Crippen LogP contribution in [-0.2, 0) is 6.54 Å². The maximum atomic E-state index is 3.52. The topological polar surface area (TPSA) is 12.0 Å². The molecule has 0 heterocycles. The summed E-state index contributed by atoms with van der Waals surface area (Å²) >= 11 is 0. The summed E-state index contributed by atoms with van der Waals surface area (Å²) in [6.07, 6.45) is 0. The molecule has 1 heteroatoms. The van der Waals surface area contributed by atoms with Gasteiger partial charge < -0.3 is 5.32 Å². The molecule has 0 aliphatic heterocycles. The molecule has 1 nitrogen and oxygen atoms in total.